The Morgan fingerprint density at radius 2 is 1.14 bits per heavy atom. The molecule has 2 aliphatic heterocycles. The molecule has 0 saturated carbocycles. The minimum absolute atomic E-state index is 0.0162. The van der Waals surface area contributed by atoms with Crippen molar-refractivity contribution in [2.45, 2.75) is 73.0 Å². The number of nitriles is 1. The van der Waals surface area contributed by atoms with Gasteiger partial charge in [0, 0.05) is 0 Å². The zero-order chi connectivity index (χ0) is 32.2. The van der Waals surface area contributed by atoms with E-state index in [2.05, 4.69) is 4.85 Å². The summed E-state index contributed by atoms with van der Waals surface area (Å²) in [5.41, 5.74) is -0.592. The highest BCUT2D eigenvalue weighted by Gasteiger charge is 2.41. The van der Waals surface area contributed by atoms with Crippen LogP contribution in [-0.2, 0) is 28.5 Å². The third-order valence-electron chi connectivity index (χ3n) is 5.39. The molecule has 16 heteroatoms. The van der Waals surface area contributed by atoms with E-state index in [-0.39, 0.29) is 77.3 Å². The highest BCUT2D eigenvalue weighted by atomic mass is 32.2. The molecule has 0 amide bonds. The fraction of sp³-hybridized carbons (Fsp3) is 0.429. The average Bonchev–Trinajstić information content (AvgIpc) is 3.62. The van der Waals surface area contributed by atoms with Gasteiger partial charge in [-0.2, -0.15) is 5.26 Å². The number of fused-ring (bicyclic) bond motifs is 2. The summed E-state index contributed by atoms with van der Waals surface area (Å²) < 4.78 is 32.3. The molecule has 1 aromatic carbocycles. The molecule has 0 fully saturated rings. The van der Waals surface area contributed by atoms with Gasteiger partial charge in [0.15, 0.2) is 17.1 Å². The molecule has 0 unspecified atom stereocenters. The van der Waals surface area contributed by atoms with Crippen LogP contribution in [0.1, 0.15) is 53.4 Å². The highest BCUT2D eigenvalue weighted by molar-refractivity contribution is 8.26. The number of carbonyl (C=O) groups excluding carboxylic acids is 4. The molecule has 44 heavy (non-hydrogen) atoms. The monoisotopic (exact) mass is 680 g/mol. The summed E-state index contributed by atoms with van der Waals surface area (Å²) >= 11 is 3.78. The fourth-order valence-corrected chi connectivity index (χ4v) is 8.67. The molecule has 1 aromatic rings. The Balaban J connectivity index is 2.23. The van der Waals surface area contributed by atoms with Gasteiger partial charge < -0.3 is 28.4 Å². The lowest BCUT2D eigenvalue weighted by Crippen LogP contribution is -2.14. The van der Waals surface area contributed by atoms with Crippen molar-refractivity contribution in [2.75, 3.05) is 26.4 Å². The molecule has 0 radical (unpaired) electrons. The molecule has 2 aliphatic rings. The van der Waals surface area contributed by atoms with Crippen molar-refractivity contribution >= 4 is 71.3 Å². The Morgan fingerprint density at radius 3 is 1.52 bits per heavy atom. The Labute approximate surface area is 271 Å². The normalized spacial score (nSPS) is 12.7. The van der Waals surface area contributed by atoms with Crippen LogP contribution in [0, 0.1) is 17.9 Å². The Hall–Kier alpha value is -3.44. The Bertz CT molecular complexity index is 1330. The second-order valence-corrected chi connectivity index (χ2v) is 13.1. The first kappa shape index (κ1) is 35.0. The maximum absolute atomic E-state index is 12.8. The summed E-state index contributed by atoms with van der Waals surface area (Å²) in [6.07, 6.45) is 0.736. The Kier molecular flexibility index (Phi) is 13.7. The molecule has 0 N–H and O–H groups in total. The van der Waals surface area contributed by atoms with Gasteiger partial charge >= 0.3 is 24.2 Å². The second kappa shape index (κ2) is 17.2. The number of ether oxygens (including phenoxy) is 6. The number of benzene rings is 1. The van der Waals surface area contributed by atoms with E-state index in [1.165, 1.54) is 0 Å². The number of thioether (sulfide) groups is 4. The molecule has 0 atom stereocenters. The number of hydrogen-bond acceptors (Lipinski definition) is 15. The molecule has 2 heterocycles. The lowest BCUT2D eigenvalue weighted by molar-refractivity contribution is -0.139. The molecule has 0 aliphatic carbocycles. The van der Waals surface area contributed by atoms with Crippen LogP contribution in [0.4, 0.5) is 9.59 Å². The van der Waals surface area contributed by atoms with Crippen LogP contribution in [0.3, 0.4) is 0 Å². The van der Waals surface area contributed by atoms with E-state index >= 15 is 0 Å². The lowest BCUT2D eigenvalue weighted by atomic mass is 10.3. The average molecular weight is 681 g/mol. The second-order valence-electron chi connectivity index (χ2n) is 8.45. The van der Waals surface area contributed by atoms with Gasteiger partial charge in [-0.15, -0.1) is 0 Å². The minimum atomic E-state index is -1.01. The molecule has 0 aromatic heterocycles. The first-order valence-corrected chi connectivity index (χ1v) is 16.8. The smallest absolute Gasteiger partial charge is 0.471 e. The first-order chi connectivity index (χ1) is 21.2. The van der Waals surface area contributed by atoms with E-state index in [9.17, 15) is 24.4 Å². The first-order valence-electron chi connectivity index (χ1n) is 13.5. The van der Waals surface area contributed by atoms with E-state index < -0.39 is 24.2 Å². The van der Waals surface area contributed by atoms with Crippen molar-refractivity contribution in [1.29, 1.82) is 5.26 Å². The Morgan fingerprint density at radius 1 is 0.705 bits per heavy atom. The van der Waals surface area contributed by atoms with Crippen LogP contribution < -0.4 is 9.47 Å². The summed E-state index contributed by atoms with van der Waals surface area (Å²) in [4.78, 5) is 55.1. The summed E-state index contributed by atoms with van der Waals surface area (Å²) in [6.45, 7) is 15.0. The van der Waals surface area contributed by atoms with Crippen LogP contribution in [0.2, 0.25) is 0 Å². The maximum Gasteiger partial charge on any atom is 0.513 e. The zero-order valence-electron chi connectivity index (χ0n) is 24.3. The topological polar surface area (TPSA) is 152 Å². The van der Waals surface area contributed by atoms with Crippen molar-refractivity contribution in [3.05, 3.63) is 31.2 Å². The van der Waals surface area contributed by atoms with E-state index in [0.29, 0.717) is 12.8 Å². The quantitative estimate of drug-likeness (QED) is 0.0403. The zero-order valence-corrected chi connectivity index (χ0v) is 27.5. The van der Waals surface area contributed by atoms with Gasteiger partial charge in [0.1, 0.15) is 6.07 Å². The van der Waals surface area contributed by atoms with E-state index in [1.54, 1.807) is 13.8 Å². The van der Waals surface area contributed by atoms with Gasteiger partial charge in [0.25, 0.3) is 5.70 Å². The number of hydrogen-bond donors (Lipinski definition) is 0. The number of rotatable bonds is 12. The summed E-state index contributed by atoms with van der Waals surface area (Å²) in [6, 6.07) is 1.86. The van der Waals surface area contributed by atoms with Gasteiger partial charge in [-0.1, -0.05) is 73.7 Å². The van der Waals surface area contributed by atoms with Gasteiger partial charge in [0.05, 0.1) is 61.1 Å². The molecule has 12 nitrogen and oxygen atoms in total. The van der Waals surface area contributed by atoms with Crippen molar-refractivity contribution in [3.8, 4) is 17.6 Å². The largest absolute Gasteiger partial charge is 0.513 e. The number of carbonyl (C=O) groups is 4. The van der Waals surface area contributed by atoms with Crippen LogP contribution >= 0.6 is 47.0 Å². The SMILES string of the molecule is [C-]#[N+]C(C(=O)OCC)=C1Sc2c(OC(=O)OCCCC)c3c(c(OC(=O)OCCCC)c2S1)SC(=C(C#N)C(=O)OCC)S3. The van der Waals surface area contributed by atoms with Crippen molar-refractivity contribution < 1.29 is 47.6 Å². The van der Waals surface area contributed by atoms with Gasteiger partial charge in [-0.05, 0) is 26.7 Å². The summed E-state index contributed by atoms with van der Waals surface area (Å²) in [7, 11) is 0. The maximum atomic E-state index is 12.8. The molecule has 3 rings (SSSR count). The molecular weight excluding hydrogens is 653 g/mol. The summed E-state index contributed by atoms with van der Waals surface area (Å²) in [5, 5.41) is 9.79. The van der Waals surface area contributed by atoms with E-state index in [1.807, 2.05) is 19.9 Å². The highest BCUT2D eigenvalue weighted by Crippen LogP contribution is 2.68. The number of unbranched alkanes of at least 4 members (excludes halogenated alkanes) is 2. The predicted molar refractivity (Wildman–Crippen MR) is 163 cm³/mol. The molecule has 234 valence electrons. The van der Waals surface area contributed by atoms with Crippen molar-refractivity contribution in [3.63, 3.8) is 0 Å². The van der Waals surface area contributed by atoms with E-state index in [0.717, 1.165) is 59.9 Å². The third kappa shape index (κ3) is 8.38. The van der Waals surface area contributed by atoms with Crippen LogP contribution in [0.25, 0.3) is 4.85 Å². The summed E-state index contributed by atoms with van der Waals surface area (Å²) in [5.74, 6) is -1.73. The van der Waals surface area contributed by atoms with Crippen LogP contribution in [-0.4, -0.2) is 50.7 Å². The molecular formula is C28H28N2O10S4. The molecule has 0 saturated heterocycles. The molecule has 0 bridgehead atoms. The van der Waals surface area contributed by atoms with E-state index in [4.69, 9.17) is 35.0 Å². The molecule has 0 spiro atoms. The minimum Gasteiger partial charge on any atom is -0.471 e. The lowest BCUT2D eigenvalue weighted by Gasteiger charge is -2.16. The van der Waals surface area contributed by atoms with Crippen molar-refractivity contribution in [2.24, 2.45) is 0 Å². The fourth-order valence-electron chi connectivity index (χ4n) is 3.36. The van der Waals surface area contributed by atoms with Gasteiger partial charge in [0.2, 0.25) is 0 Å². The third-order valence-corrected chi connectivity index (χ3v) is 10.6. The standard InChI is InChI=1S/C28H28N2O10S4/c1-6-10-12-37-27(33)39-17-19-20(42-25(41-19)15(14-29)23(31)35-8-3)18(40-28(34)38-13-11-7-2)22-21(17)43-26(44-22)16(30-5)24(32)36-9-4/h6-13H2,1-4H3. The van der Waals surface area contributed by atoms with Crippen LogP contribution in [0.5, 0.6) is 11.5 Å². The van der Waals surface area contributed by atoms with Crippen LogP contribution in [0.15, 0.2) is 39.3 Å². The van der Waals surface area contributed by atoms with Gasteiger partial charge in [-0.25, -0.2) is 19.2 Å². The number of nitrogens with zero attached hydrogens (tertiary/aromatic N) is 2. The van der Waals surface area contributed by atoms with Gasteiger partial charge in [-0.3, -0.25) is 4.79 Å². The van der Waals surface area contributed by atoms with Crippen molar-refractivity contribution in [1.82, 2.24) is 0 Å². The predicted octanol–water partition coefficient (Wildman–Crippen LogP) is 7.66. The number of esters is 2.